The molecule has 2 rings (SSSR count). The first kappa shape index (κ1) is 16.5. The predicted octanol–water partition coefficient (Wildman–Crippen LogP) is 3.97. The molecular formula is C19H31NO. The number of benzene rings is 1. The van der Waals surface area contributed by atoms with Gasteiger partial charge < -0.3 is 10.1 Å². The largest absolute Gasteiger partial charge is 0.383 e. The van der Waals surface area contributed by atoms with Gasteiger partial charge in [-0.2, -0.15) is 0 Å². The molecule has 0 amide bonds. The van der Waals surface area contributed by atoms with E-state index in [1.54, 1.807) is 7.11 Å². The van der Waals surface area contributed by atoms with Gasteiger partial charge in [0.25, 0.3) is 0 Å². The highest BCUT2D eigenvalue weighted by Crippen LogP contribution is 2.31. The van der Waals surface area contributed by atoms with E-state index in [1.165, 1.54) is 49.7 Å². The molecule has 118 valence electrons. The van der Waals surface area contributed by atoms with Crippen LogP contribution in [0.1, 0.15) is 43.2 Å². The van der Waals surface area contributed by atoms with Crippen molar-refractivity contribution in [2.24, 2.45) is 11.8 Å². The molecule has 1 aromatic rings. The molecule has 2 heteroatoms. The Bertz CT molecular complexity index is 398. The number of nitrogens with one attached hydrogen (secondary N) is 1. The molecule has 0 aromatic heterocycles. The fourth-order valence-electron chi connectivity index (χ4n) is 3.59. The van der Waals surface area contributed by atoms with Gasteiger partial charge in [-0.3, -0.25) is 0 Å². The number of ether oxygens (including phenoxy) is 1. The third kappa shape index (κ3) is 5.80. The Kier molecular flexibility index (Phi) is 7.25. The summed E-state index contributed by atoms with van der Waals surface area (Å²) < 4.78 is 5.13. The van der Waals surface area contributed by atoms with Gasteiger partial charge in [0.05, 0.1) is 6.61 Å². The van der Waals surface area contributed by atoms with Crippen molar-refractivity contribution in [2.75, 3.05) is 26.8 Å². The van der Waals surface area contributed by atoms with Crippen LogP contribution < -0.4 is 5.32 Å². The van der Waals surface area contributed by atoms with E-state index in [-0.39, 0.29) is 0 Å². The van der Waals surface area contributed by atoms with E-state index in [1.807, 2.05) is 0 Å². The summed E-state index contributed by atoms with van der Waals surface area (Å²) in [5, 5.41) is 3.58. The van der Waals surface area contributed by atoms with Gasteiger partial charge >= 0.3 is 0 Å². The van der Waals surface area contributed by atoms with Crippen LogP contribution in [0.3, 0.4) is 0 Å². The molecule has 1 unspecified atom stereocenters. The molecule has 0 saturated heterocycles. The first-order chi connectivity index (χ1) is 10.3. The quantitative estimate of drug-likeness (QED) is 0.695. The summed E-state index contributed by atoms with van der Waals surface area (Å²) in [6.07, 6.45) is 8.37. The van der Waals surface area contributed by atoms with E-state index < -0.39 is 0 Å². The van der Waals surface area contributed by atoms with Crippen LogP contribution in [0.4, 0.5) is 0 Å². The summed E-state index contributed by atoms with van der Waals surface area (Å²) in [6, 6.07) is 8.85. The SMILES string of the molecule is COCCNCC(Cc1ccccc1C)CC1CCCC1. The van der Waals surface area contributed by atoms with Crippen LogP contribution in [0, 0.1) is 18.8 Å². The first-order valence-corrected chi connectivity index (χ1v) is 8.53. The minimum absolute atomic E-state index is 0.756. The summed E-state index contributed by atoms with van der Waals surface area (Å²) in [7, 11) is 1.77. The maximum absolute atomic E-state index is 5.13. The van der Waals surface area contributed by atoms with Crippen molar-refractivity contribution in [3.8, 4) is 0 Å². The van der Waals surface area contributed by atoms with Gasteiger partial charge in [0.15, 0.2) is 0 Å². The van der Waals surface area contributed by atoms with Crippen molar-refractivity contribution < 1.29 is 4.74 Å². The van der Waals surface area contributed by atoms with Crippen LogP contribution in [0.15, 0.2) is 24.3 Å². The van der Waals surface area contributed by atoms with E-state index in [0.29, 0.717) is 0 Å². The maximum Gasteiger partial charge on any atom is 0.0587 e. The Morgan fingerprint density at radius 1 is 1.24 bits per heavy atom. The van der Waals surface area contributed by atoms with Crippen LogP contribution in [-0.4, -0.2) is 26.8 Å². The zero-order valence-electron chi connectivity index (χ0n) is 13.7. The molecule has 2 nitrogen and oxygen atoms in total. The average molecular weight is 289 g/mol. The smallest absolute Gasteiger partial charge is 0.0587 e. The molecule has 0 bridgehead atoms. The lowest BCUT2D eigenvalue weighted by atomic mass is 9.87. The molecule has 1 aliphatic rings. The summed E-state index contributed by atoms with van der Waals surface area (Å²) >= 11 is 0. The number of methoxy groups -OCH3 is 1. The lowest BCUT2D eigenvalue weighted by Crippen LogP contribution is -2.28. The van der Waals surface area contributed by atoms with Crippen molar-refractivity contribution >= 4 is 0 Å². The van der Waals surface area contributed by atoms with E-state index in [2.05, 4.69) is 36.5 Å². The van der Waals surface area contributed by atoms with E-state index in [9.17, 15) is 0 Å². The zero-order valence-corrected chi connectivity index (χ0v) is 13.7. The Morgan fingerprint density at radius 3 is 2.71 bits per heavy atom. The van der Waals surface area contributed by atoms with E-state index in [4.69, 9.17) is 4.74 Å². The second-order valence-corrected chi connectivity index (χ2v) is 6.58. The van der Waals surface area contributed by atoms with Gasteiger partial charge in [0, 0.05) is 13.7 Å². The molecule has 1 aliphatic carbocycles. The van der Waals surface area contributed by atoms with Crippen molar-refractivity contribution in [1.82, 2.24) is 5.32 Å². The second-order valence-electron chi connectivity index (χ2n) is 6.58. The highest BCUT2D eigenvalue weighted by Gasteiger charge is 2.20. The van der Waals surface area contributed by atoms with Crippen LogP contribution in [-0.2, 0) is 11.2 Å². The van der Waals surface area contributed by atoms with Crippen LogP contribution in [0.2, 0.25) is 0 Å². The highest BCUT2D eigenvalue weighted by atomic mass is 16.5. The summed E-state index contributed by atoms with van der Waals surface area (Å²) in [5.41, 5.74) is 2.96. The summed E-state index contributed by atoms with van der Waals surface area (Å²) in [5.74, 6) is 1.72. The number of hydrogen-bond donors (Lipinski definition) is 1. The van der Waals surface area contributed by atoms with Crippen LogP contribution in [0.25, 0.3) is 0 Å². The van der Waals surface area contributed by atoms with Crippen molar-refractivity contribution in [3.05, 3.63) is 35.4 Å². The fraction of sp³-hybridized carbons (Fsp3) is 0.684. The standard InChI is InChI=1S/C19H31NO/c1-16-7-3-6-10-19(16)14-18(15-20-11-12-21-2)13-17-8-4-5-9-17/h3,6-7,10,17-18,20H,4-5,8-9,11-15H2,1-2H3. The molecule has 1 saturated carbocycles. The lowest BCUT2D eigenvalue weighted by molar-refractivity contribution is 0.196. The van der Waals surface area contributed by atoms with Gasteiger partial charge in [0.1, 0.15) is 0 Å². The Morgan fingerprint density at radius 2 is 2.00 bits per heavy atom. The third-order valence-electron chi connectivity index (χ3n) is 4.83. The van der Waals surface area contributed by atoms with Gasteiger partial charge in [-0.25, -0.2) is 0 Å². The molecule has 1 N–H and O–H groups in total. The van der Waals surface area contributed by atoms with Gasteiger partial charge in [-0.15, -0.1) is 0 Å². The second kappa shape index (κ2) is 9.22. The molecule has 0 aliphatic heterocycles. The molecule has 21 heavy (non-hydrogen) atoms. The minimum atomic E-state index is 0.756. The molecule has 0 radical (unpaired) electrons. The van der Waals surface area contributed by atoms with Gasteiger partial charge in [0.2, 0.25) is 0 Å². The van der Waals surface area contributed by atoms with Crippen molar-refractivity contribution in [1.29, 1.82) is 0 Å². The monoisotopic (exact) mass is 289 g/mol. The van der Waals surface area contributed by atoms with E-state index >= 15 is 0 Å². The van der Waals surface area contributed by atoms with Crippen molar-refractivity contribution in [2.45, 2.75) is 45.4 Å². The van der Waals surface area contributed by atoms with Gasteiger partial charge in [-0.1, -0.05) is 49.9 Å². The first-order valence-electron chi connectivity index (χ1n) is 8.53. The topological polar surface area (TPSA) is 21.3 Å². The van der Waals surface area contributed by atoms with E-state index in [0.717, 1.165) is 31.5 Å². The zero-order chi connectivity index (χ0) is 14.9. The van der Waals surface area contributed by atoms with Crippen LogP contribution >= 0.6 is 0 Å². The molecular weight excluding hydrogens is 258 g/mol. The summed E-state index contributed by atoms with van der Waals surface area (Å²) in [6.45, 7) is 5.13. The highest BCUT2D eigenvalue weighted by molar-refractivity contribution is 5.26. The third-order valence-corrected chi connectivity index (χ3v) is 4.83. The molecule has 1 fully saturated rings. The molecule has 1 atom stereocenters. The van der Waals surface area contributed by atoms with Crippen molar-refractivity contribution in [3.63, 3.8) is 0 Å². The Labute approximate surface area is 130 Å². The fourth-order valence-corrected chi connectivity index (χ4v) is 3.59. The lowest BCUT2D eigenvalue weighted by Gasteiger charge is -2.22. The molecule has 1 aromatic carbocycles. The Balaban J connectivity index is 1.88. The predicted molar refractivity (Wildman–Crippen MR) is 89.7 cm³/mol. The molecule has 0 spiro atoms. The summed E-state index contributed by atoms with van der Waals surface area (Å²) in [4.78, 5) is 0. The van der Waals surface area contributed by atoms with Crippen LogP contribution in [0.5, 0.6) is 0 Å². The maximum atomic E-state index is 5.13. The normalized spacial score (nSPS) is 17.2. The minimum Gasteiger partial charge on any atom is -0.383 e. The Hall–Kier alpha value is -0.860. The van der Waals surface area contributed by atoms with Gasteiger partial charge in [-0.05, 0) is 49.3 Å². The average Bonchev–Trinajstić information content (AvgIpc) is 2.99. The number of aryl methyl sites for hydroxylation is 1. The number of rotatable bonds is 9. The number of hydrogen-bond acceptors (Lipinski definition) is 2. The molecule has 0 heterocycles.